The average molecular weight is 411 g/mol. The van der Waals surface area contributed by atoms with Crippen molar-refractivity contribution in [2.24, 2.45) is 22.9 Å². The van der Waals surface area contributed by atoms with Gasteiger partial charge in [0, 0.05) is 24.2 Å². The molecule has 0 rings (SSSR count). The van der Waals surface area contributed by atoms with Crippen molar-refractivity contribution in [1.29, 1.82) is 0 Å². The summed E-state index contributed by atoms with van der Waals surface area (Å²) < 4.78 is 0. The average Bonchev–Trinajstić information content (AvgIpc) is 2.48. The summed E-state index contributed by atoms with van der Waals surface area (Å²) in [7, 11) is 0. The third-order valence-electron chi connectivity index (χ3n) is 3.40. The molecule has 8 N–H and O–H groups in total. The van der Waals surface area contributed by atoms with Gasteiger partial charge in [-0.1, -0.05) is 82.1 Å². The first kappa shape index (κ1) is 46.2. The molecule has 0 aromatic heterocycles. The maximum Gasteiger partial charge on any atom is 0.00104 e. The Hall–Kier alpha value is -0.160. The van der Waals surface area contributed by atoms with Crippen LogP contribution in [0.5, 0.6) is 0 Å². The Bertz CT molecular complexity index is 183. The monoisotopic (exact) mass is 411 g/mol. The third-order valence-corrected chi connectivity index (χ3v) is 3.40. The van der Waals surface area contributed by atoms with E-state index in [1.807, 2.05) is 20.8 Å². The molecule has 4 nitrogen and oxygen atoms in total. The quantitative estimate of drug-likeness (QED) is 0.312. The fourth-order valence-corrected chi connectivity index (χ4v) is 1.63. The third kappa shape index (κ3) is 96.7. The molecule has 0 spiro atoms. The van der Waals surface area contributed by atoms with Crippen molar-refractivity contribution in [3.05, 3.63) is 0 Å². The van der Waals surface area contributed by atoms with Crippen LogP contribution in [0.3, 0.4) is 0 Å². The highest BCUT2D eigenvalue weighted by atomic mass is 14.6. The van der Waals surface area contributed by atoms with Crippen molar-refractivity contribution in [1.82, 2.24) is 0 Å². The predicted octanol–water partition coefficient (Wildman–Crippen LogP) is 6.83. The second-order valence-corrected chi connectivity index (χ2v) is 7.39. The summed E-state index contributed by atoms with van der Waals surface area (Å²) in [5.74, 6) is 0. The molecule has 0 amide bonds. The molecule has 0 aromatic rings. The van der Waals surface area contributed by atoms with E-state index in [-0.39, 0.29) is 22.3 Å². The van der Waals surface area contributed by atoms with Crippen LogP contribution in [0, 0.1) is 0 Å². The summed E-state index contributed by atoms with van der Waals surface area (Å²) in [6.45, 7) is 16.7. The molecule has 0 aliphatic heterocycles. The first-order valence-electron chi connectivity index (χ1n) is 10.6. The molecule has 4 atom stereocenters. The van der Waals surface area contributed by atoms with Gasteiger partial charge in [0.1, 0.15) is 0 Å². The summed E-state index contributed by atoms with van der Waals surface area (Å²) in [6, 6.07) is 1.58. The summed E-state index contributed by atoms with van der Waals surface area (Å²) in [5, 5.41) is 0. The molecule has 0 fully saturated rings. The van der Waals surface area contributed by atoms with Gasteiger partial charge in [-0.05, 0) is 53.4 Å². The number of rotatable bonds is 9. The lowest BCUT2D eigenvalue weighted by molar-refractivity contribution is 0.592. The molecule has 0 bridgehead atoms. The maximum atomic E-state index is 5.53. The molecular weight excluding hydrogens is 344 g/mol. The SMILES string of the molecule is C.C.C.CCC(C)N.CCCC(C)N.CCCC(C)N.CCCCCC(C)N. The van der Waals surface area contributed by atoms with Gasteiger partial charge in [0.25, 0.3) is 0 Å². The molecule has 182 valence electrons. The van der Waals surface area contributed by atoms with Gasteiger partial charge in [-0.3, -0.25) is 0 Å². The number of hydrogen-bond donors (Lipinski definition) is 4. The molecule has 4 heteroatoms. The molecule has 0 aliphatic carbocycles. The van der Waals surface area contributed by atoms with E-state index < -0.39 is 0 Å². The lowest BCUT2D eigenvalue weighted by atomic mass is 10.1. The van der Waals surface area contributed by atoms with E-state index in [1.54, 1.807) is 0 Å². The van der Waals surface area contributed by atoms with E-state index in [0.717, 1.165) is 19.3 Å². The first-order chi connectivity index (χ1) is 11.6. The molecule has 4 unspecified atom stereocenters. The molecule has 0 saturated carbocycles. The van der Waals surface area contributed by atoms with Crippen LogP contribution in [0.25, 0.3) is 0 Å². The zero-order valence-electron chi connectivity index (χ0n) is 19.0. The largest absolute Gasteiger partial charge is 0.328 e. The lowest BCUT2D eigenvalue weighted by Gasteiger charge is -2.01. The van der Waals surface area contributed by atoms with E-state index in [4.69, 9.17) is 22.9 Å². The Morgan fingerprint density at radius 3 is 0.857 bits per heavy atom. The van der Waals surface area contributed by atoms with Gasteiger partial charge in [-0.25, -0.2) is 0 Å². The van der Waals surface area contributed by atoms with Gasteiger partial charge in [0.05, 0.1) is 0 Å². The van der Waals surface area contributed by atoms with E-state index >= 15 is 0 Å². The Labute approximate surface area is 183 Å². The van der Waals surface area contributed by atoms with Crippen molar-refractivity contribution in [2.75, 3.05) is 0 Å². The Balaban J connectivity index is -0.0000000411. The van der Waals surface area contributed by atoms with Gasteiger partial charge in [0.2, 0.25) is 0 Å². The Morgan fingerprint density at radius 2 is 0.750 bits per heavy atom. The second-order valence-electron chi connectivity index (χ2n) is 7.39. The fourth-order valence-electron chi connectivity index (χ4n) is 1.63. The first-order valence-corrected chi connectivity index (χ1v) is 10.6. The predicted molar refractivity (Wildman–Crippen MR) is 139 cm³/mol. The van der Waals surface area contributed by atoms with Crippen LogP contribution < -0.4 is 22.9 Å². The summed E-state index contributed by atoms with van der Waals surface area (Å²) in [5.41, 5.74) is 21.6. The lowest BCUT2D eigenvalue weighted by Crippen LogP contribution is -2.13. The van der Waals surface area contributed by atoms with Crippen LogP contribution in [0.1, 0.15) is 135 Å². The van der Waals surface area contributed by atoms with Crippen molar-refractivity contribution in [3.8, 4) is 0 Å². The van der Waals surface area contributed by atoms with Gasteiger partial charge in [-0.2, -0.15) is 0 Å². The molecule has 0 aromatic carbocycles. The molecule has 0 saturated heterocycles. The highest BCUT2D eigenvalue weighted by Crippen LogP contribution is 1.99. The van der Waals surface area contributed by atoms with E-state index in [0.29, 0.717) is 24.2 Å². The Kier molecular flexibility index (Phi) is 68.1. The maximum absolute atomic E-state index is 5.53. The van der Waals surface area contributed by atoms with Crippen molar-refractivity contribution < 1.29 is 0 Å². The summed E-state index contributed by atoms with van der Waals surface area (Å²) in [4.78, 5) is 0. The standard InChI is InChI=1S/C7H17N.2C5H13N.C4H11N.3CH4/c1-3-4-5-6-7(2)8;2*1-3-4-5(2)6;1-3-4(2)5;;;/h7H,3-6,8H2,1-2H3;2*5H,3-4,6H2,1-2H3;4H,3,5H2,1-2H3;3*1H4. The van der Waals surface area contributed by atoms with E-state index in [1.165, 1.54) is 38.5 Å². The molecule has 0 radical (unpaired) electrons. The smallest absolute Gasteiger partial charge is 0.00104 e. The minimum absolute atomic E-state index is 0. The zero-order chi connectivity index (χ0) is 20.7. The second kappa shape index (κ2) is 41.3. The van der Waals surface area contributed by atoms with Crippen LogP contribution >= 0.6 is 0 Å². The van der Waals surface area contributed by atoms with E-state index in [9.17, 15) is 0 Å². The van der Waals surface area contributed by atoms with Crippen molar-refractivity contribution in [3.63, 3.8) is 0 Å². The minimum Gasteiger partial charge on any atom is -0.328 e. The van der Waals surface area contributed by atoms with Crippen LogP contribution in [0.15, 0.2) is 0 Å². The van der Waals surface area contributed by atoms with Gasteiger partial charge in [0.15, 0.2) is 0 Å². The molecule has 0 heterocycles. The topological polar surface area (TPSA) is 104 Å². The Morgan fingerprint density at radius 1 is 0.464 bits per heavy atom. The van der Waals surface area contributed by atoms with Gasteiger partial charge < -0.3 is 22.9 Å². The number of hydrogen-bond acceptors (Lipinski definition) is 4. The van der Waals surface area contributed by atoms with Crippen LogP contribution in [0.4, 0.5) is 0 Å². The van der Waals surface area contributed by atoms with E-state index in [2.05, 4.69) is 34.6 Å². The number of nitrogens with two attached hydrogens (primary N) is 4. The van der Waals surface area contributed by atoms with Crippen LogP contribution in [0.2, 0.25) is 0 Å². The van der Waals surface area contributed by atoms with Crippen LogP contribution in [-0.4, -0.2) is 24.2 Å². The summed E-state index contributed by atoms with van der Waals surface area (Å²) in [6.07, 6.45) is 10.9. The van der Waals surface area contributed by atoms with Crippen molar-refractivity contribution >= 4 is 0 Å². The fraction of sp³-hybridized carbons (Fsp3) is 1.00. The number of unbranched alkanes of at least 4 members (excludes halogenated alkanes) is 2. The summed E-state index contributed by atoms with van der Waals surface area (Å²) >= 11 is 0. The minimum atomic E-state index is 0. The highest BCUT2D eigenvalue weighted by molar-refractivity contribution is 4.51. The van der Waals surface area contributed by atoms with Gasteiger partial charge >= 0.3 is 0 Å². The zero-order valence-corrected chi connectivity index (χ0v) is 19.0. The normalized spacial score (nSPS) is 12.9. The molecule has 28 heavy (non-hydrogen) atoms. The molecule has 0 aliphatic rings. The van der Waals surface area contributed by atoms with Crippen LogP contribution in [-0.2, 0) is 0 Å². The van der Waals surface area contributed by atoms with Gasteiger partial charge in [-0.15, -0.1) is 0 Å². The highest BCUT2D eigenvalue weighted by Gasteiger charge is 1.90. The molecular formula is C24H66N4. The van der Waals surface area contributed by atoms with Crippen molar-refractivity contribution in [2.45, 2.75) is 160 Å².